The average molecular weight is 313 g/mol. The predicted molar refractivity (Wildman–Crippen MR) is 85.0 cm³/mol. The van der Waals surface area contributed by atoms with E-state index in [0.29, 0.717) is 6.61 Å². The summed E-state index contributed by atoms with van der Waals surface area (Å²) in [5, 5.41) is 4.86. The number of benzene rings is 3. The second kappa shape index (κ2) is 5.45. The normalized spacial score (nSPS) is 11.4. The van der Waals surface area contributed by atoms with Gasteiger partial charge in [-0.25, -0.2) is 0 Å². The molecule has 0 unspecified atom stereocenters. The molecule has 0 atom stereocenters. The molecule has 0 spiro atoms. The molecule has 0 fully saturated rings. The van der Waals surface area contributed by atoms with Crippen LogP contribution in [0.25, 0.3) is 21.5 Å². The van der Waals surface area contributed by atoms with Crippen molar-refractivity contribution in [3.63, 3.8) is 0 Å². The first kappa shape index (κ1) is 12.2. The summed E-state index contributed by atoms with van der Waals surface area (Å²) in [5.74, 6) is 0.925. The number of halogens is 1. The van der Waals surface area contributed by atoms with Gasteiger partial charge in [0.1, 0.15) is 12.4 Å². The number of hydrogen-bond acceptors (Lipinski definition) is 1. The van der Waals surface area contributed by atoms with Gasteiger partial charge in [0.05, 0.1) is 0 Å². The molecule has 0 bridgehead atoms. The fourth-order valence-corrected chi connectivity index (χ4v) is 2.39. The highest BCUT2D eigenvalue weighted by Gasteiger charge is 2.03. The van der Waals surface area contributed by atoms with Crippen LogP contribution in [0.5, 0.6) is 5.75 Å². The average Bonchev–Trinajstić information content (AvgIpc) is 2.46. The molecular weight excluding hydrogens is 300 g/mol. The van der Waals surface area contributed by atoms with Crippen LogP contribution in [0.15, 0.2) is 65.7 Å². The van der Waals surface area contributed by atoms with Gasteiger partial charge in [-0.2, -0.15) is 0 Å². The largest absolute Gasteiger partial charge is 0.489 e. The smallest absolute Gasteiger partial charge is 0.127 e. The van der Waals surface area contributed by atoms with Crippen LogP contribution in [-0.2, 0) is 0 Å². The van der Waals surface area contributed by atoms with Crippen molar-refractivity contribution < 1.29 is 4.74 Å². The molecule has 3 aromatic rings. The Morgan fingerprint density at radius 3 is 2.42 bits per heavy atom. The first-order valence-electron chi connectivity index (χ1n) is 6.18. The Bertz CT molecular complexity index is 746. The van der Waals surface area contributed by atoms with Crippen LogP contribution < -0.4 is 4.74 Å². The molecule has 0 aliphatic carbocycles. The van der Waals surface area contributed by atoms with E-state index in [9.17, 15) is 0 Å². The molecule has 19 heavy (non-hydrogen) atoms. The fraction of sp³-hybridized carbons (Fsp3) is 0.0588. The van der Waals surface area contributed by atoms with Crippen molar-refractivity contribution >= 4 is 37.5 Å². The first-order valence-corrected chi connectivity index (χ1v) is 7.09. The quantitative estimate of drug-likeness (QED) is 0.598. The van der Waals surface area contributed by atoms with Gasteiger partial charge in [0.15, 0.2) is 0 Å². The lowest BCUT2D eigenvalue weighted by Gasteiger charge is -2.09. The minimum atomic E-state index is 0.567. The molecule has 0 saturated carbocycles. The number of rotatable bonds is 3. The lowest BCUT2D eigenvalue weighted by atomic mass is 10.0. The molecule has 0 N–H and O–H groups in total. The molecule has 0 aliphatic rings. The van der Waals surface area contributed by atoms with Gasteiger partial charge in [-0.1, -0.05) is 52.3 Å². The summed E-state index contributed by atoms with van der Waals surface area (Å²) in [4.78, 5) is 1.81. The van der Waals surface area contributed by atoms with Crippen LogP contribution in [0.2, 0.25) is 0 Å². The van der Waals surface area contributed by atoms with Crippen molar-refractivity contribution in [1.82, 2.24) is 0 Å². The number of hydrogen-bond donors (Lipinski definition) is 0. The van der Waals surface area contributed by atoms with Crippen molar-refractivity contribution in [2.45, 2.75) is 0 Å². The van der Waals surface area contributed by atoms with Crippen LogP contribution in [-0.4, -0.2) is 6.61 Å². The maximum absolute atomic E-state index is 5.79. The number of ether oxygens (including phenoxy) is 1. The molecule has 0 radical (unpaired) electrons. The minimum Gasteiger partial charge on any atom is -0.489 e. The van der Waals surface area contributed by atoms with Gasteiger partial charge in [-0.05, 0) is 45.4 Å². The zero-order chi connectivity index (χ0) is 13.1. The molecule has 0 heterocycles. The van der Waals surface area contributed by atoms with Gasteiger partial charge in [0, 0.05) is 5.39 Å². The van der Waals surface area contributed by atoms with E-state index < -0.39 is 0 Å². The van der Waals surface area contributed by atoms with Crippen molar-refractivity contribution in [2.24, 2.45) is 0 Å². The van der Waals surface area contributed by atoms with Crippen LogP contribution in [0.3, 0.4) is 0 Å². The summed E-state index contributed by atoms with van der Waals surface area (Å²) in [6.45, 7) is 0.567. The lowest BCUT2D eigenvalue weighted by molar-refractivity contribution is 0.367. The Balaban J connectivity index is 2.14. The zero-order valence-electron chi connectivity index (χ0n) is 10.3. The van der Waals surface area contributed by atoms with Gasteiger partial charge >= 0.3 is 0 Å². The van der Waals surface area contributed by atoms with Gasteiger partial charge in [-0.15, -0.1) is 0 Å². The zero-order valence-corrected chi connectivity index (χ0v) is 11.9. The van der Waals surface area contributed by atoms with Crippen molar-refractivity contribution in [3.05, 3.63) is 65.7 Å². The molecule has 1 nitrogen and oxygen atoms in total. The molecule has 0 aliphatic heterocycles. The van der Waals surface area contributed by atoms with E-state index in [4.69, 9.17) is 4.74 Å². The van der Waals surface area contributed by atoms with E-state index in [1.807, 2.05) is 23.2 Å². The SMILES string of the molecule is Br/C=C/COc1cccc2cc3ccccc3cc12. The van der Waals surface area contributed by atoms with Gasteiger partial charge < -0.3 is 4.74 Å². The van der Waals surface area contributed by atoms with Gasteiger partial charge in [0.25, 0.3) is 0 Å². The summed E-state index contributed by atoms with van der Waals surface area (Å²) < 4.78 is 5.79. The Morgan fingerprint density at radius 1 is 0.895 bits per heavy atom. The van der Waals surface area contributed by atoms with E-state index in [1.54, 1.807) is 0 Å². The number of fused-ring (bicyclic) bond motifs is 2. The molecule has 3 aromatic carbocycles. The summed E-state index contributed by atoms with van der Waals surface area (Å²) in [6.07, 6.45) is 1.93. The van der Waals surface area contributed by atoms with Crippen LogP contribution in [0, 0.1) is 0 Å². The summed E-state index contributed by atoms with van der Waals surface area (Å²) in [7, 11) is 0. The summed E-state index contributed by atoms with van der Waals surface area (Å²) >= 11 is 3.24. The van der Waals surface area contributed by atoms with Crippen molar-refractivity contribution in [2.75, 3.05) is 6.61 Å². The lowest BCUT2D eigenvalue weighted by Crippen LogP contribution is -1.93. The Kier molecular flexibility index (Phi) is 3.51. The topological polar surface area (TPSA) is 9.23 Å². The van der Waals surface area contributed by atoms with Crippen LogP contribution >= 0.6 is 15.9 Å². The minimum absolute atomic E-state index is 0.567. The third-order valence-corrected chi connectivity index (χ3v) is 3.50. The van der Waals surface area contributed by atoms with Crippen LogP contribution in [0.4, 0.5) is 0 Å². The molecule has 2 heteroatoms. The Labute approximate surface area is 120 Å². The fourth-order valence-electron chi connectivity index (χ4n) is 2.24. The molecule has 0 amide bonds. The van der Waals surface area contributed by atoms with Gasteiger partial charge in [-0.3, -0.25) is 0 Å². The summed E-state index contributed by atoms with van der Waals surface area (Å²) in [5.41, 5.74) is 0. The third-order valence-electron chi connectivity index (χ3n) is 3.13. The second-order valence-electron chi connectivity index (χ2n) is 4.35. The van der Waals surface area contributed by atoms with Crippen molar-refractivity contribution in [3.8, 4) is 5.75 Å². The van der Waals surface area contributed by atoms with E-state index in [2.05, 4.69) is 58.4 Å². The molecule has 0 saturated heterocycles. The van der Waals surface area contributed by atoms with E-state index in [1.165, 1.54) is 16.2 Å². The molecule has 0 aromatic heterocycles. The second-order valence-corrected chi connectivity index (χ2v) is 4.88. The van der Waals surface area contributed by atoms with Crippen molar-refractivity contribution in [1.29, 1.82) is 0 Å². The highest BCUT2D eigenvalue weighted by atomic mass is 79.9. The third kappa shape index (κ3) is 2.49. The molecule has 94 valence electrons. The maximum Gasteiger partial charge on any atom is 0.127 e. The Hall–Kier alpha value is -1.80. The monoisotopic (exact) mass is 312 g/mol. The molecular formula is C17H13BrO. The van der Waals surface area contributed by atoms with Gasteiger partial charge in [0.2, 0.25) is 0 Å². The highest BCUT2D eigenvalue weighted by Crippen LogP contribution is 2.29. The first-order chi connectivity index (χ1) is 9.38. The van der Waals surface area contributed by atoms with E-state index in [0.717, 1.165) is 11.1 Å². The maximum atomic E-state index is 5.79. The highest BCUT2D eigenvalue weighted by molar-refractivity contribution is 9.11. The Morgan fingerprint density at radius 2 is 1.63 bits per heavy atom. The van der Waals surface area contributed by atoms with Crippen LogP contribution in [0.1, 0.15) is 0 Å². The molecule has 3 rings (SSSR count). The summed E-state index contributed by atoms with van der Waals surface area (Å²) in [6, 6.07) is 19.0. The standard InChI is InChI=1S/C17H13BrO/c18-9-4-10-19-17-8-3-7-15-11-13-5-1-2-6-14(13)12-16(15)17/h1-9,11-12H,10H2/b9-4+. The van der Waals surface area contributed by atoms with E-state index in [-0.39, 0.29) is 0 Å². The van der Waals surface area contributed by atoms with E-state index >= 15 is 0 Å². The predicted octanol–water partition coefficient (Wildman–Crippen LogP) is 5.28.